The number of hydrogen-bond donors (Lipinski definition) is 2. The fourth-order valence-corrected chi connectivity index (χ4v) is 3.60. The summed E-state index contributed by atoms with van der Waals surface area (Å²) < 4.78 is 5.86. The smallest absolute Gasteiger partial charge is 0.147 e. The van der Waals surface area contributed by atoms with Crippen LogP contribution in [0, 0.1) is 5.92 Å². The summed E-state index contributed by atoms with van der Waals surface area (Å²) >= 11 is 0. The van der Waals surface area contributed by atoms with Gasteiger partial charge < -0.3 is 9.84 Å². The van der Waals surface area contributed by atoms with E-state index in [1.54, 1.807) is 0 Å². The van der Waals surface area contributed by atoms with Crippen LogP contribution < -0.4 is 5.48 Å². The Morgan fingerprint density at radius 2 is 2.13 bits per heavy atom. The van der Waals surface area contributed by atoms with Crippen molar-refractivity contribution in [3.63, 3.8) is 0 Å². The summed E-state index contributed by atoms with van der Waals surface area (Å²) in [4.78, 5) is 17.2. The van der Waals surface area contributed by atoms with E-state index in [0.29, 0.717) is 18.6 Å². The highest BCUT2D eigenvalue weighted by molar-refractivity contribution is 5.78. The van der Waals surface area contributed by atoms with Crippen LogP contribution in [0.25, 0.3) is 0 Å². The lowest BCUT2D eigenvalue weighted by molar-refractivity contribution is -0.196. The number of fused-ring (bicyclic) bond motifs is 2. The summed E-state index contributed by atoms with van der Waals surface area (Å²) in [6, 6.07) is 9.75. The normalized spacial score (nSPS) is 36.4. The number of carbonyl (C=O) groups is 1. The molecule has 3 rings (SSSR count). The molecule has 124 valence electrons. The van der Waals surface area contributed by atoms with Crippen molar-refractivity contribution in [2.45, 2.75) is 50.7 Å². The van der Waals surface area contributed by atoms with Gasteiger partial charge >= 0.3 is 0 Å². The van der Waals surface area contributed by atoms with Crippen molar-refractivity contribution in [1.82, 2.24) is 5.48 Å². The van der Waals surface area contributed by atoms with Gasteiger partial charge in [0.2, 0.25) is 0 Å². The highest BCUT2D eigenvalue weighted by Gasteiger charge is 2.54. The molecule has 2 N–H and O–H groups in total. The van der Waals surface area contributed by atoms with Crippen LogP contribution >= 0.6 is 0 Å². The zero-order chi connectivity index (χ0) is 16.4. The number of aliphatic hydroxyl groups is 1. The third kappa shape index (κ3) is 2.97. The molecule has 0 amide bonds. The molecule has 5 heteroatoms. The van der Waals surface area contributed by atoms with Gasteiger partial charge in [-0.3, -0.25) is 9.63 Å². The van der Waals surface area contributed by atoms with Crippen molar-refractivity contribution in [3.05, 3.63) is 47.5 Å². The first kappa shape index (κ1) is 16.3. The van der Waals surface area contributed by atoms with E-state index in [0.717, 1.165) is 11.8 Å². The molecule has 1 aliphatic heterocycles. The zero-order valence-electron chi connectivity index (χ0n) is 13.4. The van der Waals surface area contributed by atoms with E-state index in [9.17, 15) is 9.90 Å². The van der Waals surface area contributed by atoms with Gasteiger partial charge in [-0.25, -0.2) is 0 Å². The third-order valence-corrected chi connectivity index (χ3v) is 4.75. The number of aliphatic hydroxyl groups excluding tert-OH is 1. The maximum atomic E-state index is 11.6. The largest absolute Gasteiger partial charge is 0.388 e. The van der Waals surface area contributed by atoms with Crippen LogP contribution in [0.4, 0.5) is 0 Å². The molecule has 2 bridgehead atoms. The van der Waals surface area contributed by atoms with Gasteiger partial charge in [0, 0.05) is 17.9 Å². The zero-order valence-corrected chi connectivity index (χ0v) is 13.4. The second-order valence-corrected chi connectivity index (χ2v) is 6.51. The number of ether oxygens (including phenoxy) is 1. The van der Waals surface area contributed by atoms with E-state index in [-0.39, 0.29) is 18.1 Å². The van der Waals surface area contributed by atoms with Crippen LogP contribution in [0.2, 0.25) is 0 Å². The molecule has 1 aromatic rings. The van der Waals surface area contributed by atoms with Crippen molar-refractivity contribution in [1.29, 1.82) is 0 Å². The molecule has 0 aromatic heterocycles. The van der Waals surface area contributed by atoms with Crippen molar-refractivity contribution >= 4 is 6.29 Å². The average Bonchev–Trinajstić information content (AvgIpc) is 2.54. The SMILES string of the molecule is CC1C=C(C=O)[C@@]2(NOCc3ccccc3)C[C@H](C)O[C@H]1C2O. The van der Waals surface area contributed by atoms with Crippen molar-refractivity contribution in [3.8, 4) is 0 Å². The number of nitrogens with one attached hydrogen (secondary N) is 1. The van der Waals surface area contributed by atoms with Gasteiger partial charge in [0.1, 0.15) is 17.9 Å². The van der Waals surface area contributed by atoms with Crippen molar-refractivity contribution in [2.24, 2.45) is 5.92 Å². The summed E-state index contributed by atoms with van der Waals surface area (Å²) in [6.45, 7) is 4.26. The maximum absolute atomic E-state index is 11.6. The van der Waals surface area contributed by atoms with Gasteiger partial charge in [0.15, 0.2) is 0 Å². The predicted octanol–water partition coefficient (Wildman–Crippen LogP) is 1.76. The molecule has 5 nitrogen and oxygen atoms in total. The van der Waals surface area contributed by atoms with Gasteiger partial charge in [-0.05, 0) is 12.5 Å². The van der Waals surface area contributed by atoms with Gasteiger partial charge in [0.25, 0.3) is 0 Å². The molecular weight excluding hydrogens is 294 g/mol. The summed E-state index contributed by atoms with van der Waals surface area (Å²) in [5.74, 6) is -0.0167. The fraction of sp³-hybridized carbons (Fsp3) is 0.500. The van der Waals surface area contributed by atoms with Gasteiger partial charge in [-0.15, -0.1) is 0 Å². The fourth-order valence-electron chi connectivity index (χ4n) is 3.60. The average molecular weight is 317 g/mol. The maximum Gasteiger partial charge on any atom is 0.147 e. The molecular formula is C18H23NO4. The van der Waals surface area contributed by atoms with E-state index < -0.39 is 11.6 Å². The third-order valence-electron chi connectivity index (χ3n) is 4.75. The van der Waals surface area contributed by atoms with Crippen LogP contribution in [0.1, 0.15) is 25.8 Å². The Bertz CT molecular complexity index is 588. The lowest BCUT2D eigenvalue weighted by atomic mass is 9.69. The first-order chi connectivity index (χ1) is 11.1. The first-order valence-corrected chi connectivity index (χ1v) is 8.00. The van der Waals surface area contributed by atoms with Crippen LogP contribution in [0.3, 0.4) is 0 Å². The molecule has 1 heterocycles. The molecule has 5 atom stereocenters. The molecule has 0 spiro atoms. The van der Waals surface area contributed by atoms with Crippen LogP contribution in [-0.4, -0.2) is 35.2 Å². The summed E-state index contributed by atoms with van der Waals surface area (Å²) in [5, 5.41) is 10.8. The number of hydroxylamine groups is 1. The lowest BCUT2D eigenvalue weighted by Gasteiger charge is -2.52. The Kier molecular flexibility index (Phi) is 4.64. The molecule has 0 radical (unpaired) electrons. The topological polar surface area (TPSA) is 67.8 Å². The number of benzene rings is 1. The number of carbonyl (C=O) groups excluding carboxylic acids is 1. The Labute approximate surface area is 136 Å². The minimum atomic E-state index is -0.911. The molecule has 2 unspecified atom stereocenters. The molecule has 1 saturated heterocycles. The quantitative estimate of drug-likeness (QED) is 0.640. The molecule has 1 fully saturated rings. The predicted molar refractivity (Wildman–Crippen MR) is 85.4 cm³/mol. The van der Waals surface area contributed by atoms with Gasteiger partial charge in [0.05, 0.1) is 18.8 Å². The van der Waals surface area contributed by atoms with Gasteiger partial charge in [-0.2, -0.15) is 5.48 Å². The second-order valence-electron chi connectivity index (χ2n) is 6.51. The summed E-state index contributed by atoms with van der Waals surface area (Å²) in [5.41, 5.74) is 3.63. The first-order valence-electron chi connectivity index (χ1n) is 8.00. The van der Waals surface area contributed by atoms with Crippen LogP contribution in [0.5, 0.6) is 0 Å². The number of rotatable bonds is 5. The Morgan fingerprint density at radius 1 is 1.39 bits per heavy atom. The summed E-state index contributed by atoms with van der Waals surface area (Å²) in [7, 11) is 0. The van der Waals surface area contributed by atoms with Crippen molar-refractivity contribution in [2.75, 3.05) is 0 Å². The Hall–Kier alpha value is -1.53. The number of aldehydes is 1. The van der Waals surface area contributed by atoms with Crippen LogP contribution in [0.15, 0.2) is 42.0 Å². The van der Waals surface area contributed by atoms with Gasteiger partial charge in [-0.1, -0.05) is 43.3 Å². The van der Waals surface area contributed by atoms with Crippen LogP contribution in [-0.2, 0) is 21.0 Å². The molecule has 1 aromatic carbocycles. The van der Waals surface area contributed by atoms with E-state index >= 15 is 0 Å². The van der Waals surface area contributed by atoms with E-state index in [1.807, 2.05) is 50.3 Å². The molecule has 2 aliphatic rings. The Balaban J connectivity index is 1.80. The van der Waals surface area contributed by atoms with Crippen molar-refractivity contribution < 1.29 is 19.5 Å². The highest BCUT2D eigenvalue weighted by atomic mass is 16.6. The monoisotopic (exact) mass is 317 g/mol. The Morgan fingerprint density at radius 3 is 2.83 bits per heavy atom. The molecule has 0 saturated carbocycles. The molecule has 23 heavy (non-hydrogen) atoms. The number of hydrogen-bond acceptors (Lipinski definition) is 5. The summed E-state index contributed by atoms with van der Waals surface area (Å²) in [6.07, 6.45) is 1.94. The second kappa shape index (κ2) is 6.53. The minimum Gasteiger partial charge on any atom is -0.388 e. The van der Waals surface area contributed by atoms with E-state index in [4.69, 9.17) is 9.57 Å². The lowest BCUT2D eigenvalue weighted by Crippen LogP contribution is -2.68. The van der Waals surface area contributed by atoms with E-state index in [2.05, 4.69) is 5.48 Å². The molecule has 1 aliphatic carbocycles. The standard InChI is InChI=1S/C18H23NO4/c1-12-8-15(10-20)18(9-13(2)23-16(12)17(18)21)19-22-11-14-6-4-3-5-7-14/h3-8,10,12-13,16-17,19,21H,9,11H2,1-2H3/t12?,13-,16+,17?,18-/m0/s1. The highest BCUT2D eigenvalue weighted by Crippen LogP contribution is 2.41. The van der Waals surface area contributed by atoms with E-state index in [1.165, 1.54) is 0 Å². The minimum absolute atomic E-state index is 0.0167.